The van der Waals surface area contributed by atoms with Gasteiger partial charge in [0.15, 0.2) is 0 Å². The van der Waals surface area contributed by atoms with Crippen LogP contribution in [0.4, 0.5) is 5.82 Å². The van der Waals surface area contributed by atoms with E-state index < -0.39 is 6.10 Å². The van der Waals surface area contributed by atoms with E-state index in [4.69, 9.17) is 9.47 Å². The maximum absolute atomic E-state index is 10.0. The largest absolute Gasteiger partial charge is 0.472 e. The van der Waals surface area contributed by atoms with Crippen LogP contribution in [0.3, 0.4) is 0 Å². The van der Waals surface area contributed by atoms with Gasteiger partial charge in [0.25, 0.3) is 5.88 Å². The van der Waals surface area contributed by atoms with Crippen molar-refractivity contribution >= 4 is 17.5 Å². The summed E-state index contributed by atoms with van der Waals surface area (Å²) in [6, 6.07) is 0. The summed E-state index contributed by atoms with van der Waals surface area (Å²) in [5.74, 6) is 1.29. The maximum Gasteiger partial charge on any atom is 0.270 e. The van der Waals surface area contributed by atoms with Gasteiger partial charge in [-0.15, -0.1) is 4.37 Å². The fourth-order valence-corrected chi connectivity index (χ4v) is 2.61. The normalized spacial score (nSPS) is 17.8. The average molecular weight is 315 g/mol. The van der Waals surface area contributed by atoms with Gasteiger partial charge in [-0.1, -0.05) is 20.8 Å². The van der Waals surface area contributed by atoms with Gasteiger partial charge in [0.1, 0.15) is 6.61 Å². The molecule has 1 aromatic heterocycles. The Hall–Kier alpha value is -0.920. The van der Waals surface area contributed by atoms with Crippen LogP contribution in [-0.4, -0.2) is 52.9 Å². The van der Waals surface area contributed by atoms with Crippen LogP contribution >= 0.6 is 11.7 Å². The van der Waals surface area contributed by atoms with E-state index in [0.717, 1.165) is 43.5 Å². The molecule has 0 bridgehead atoms. The zero-order chi connectivity index (χ0) is 15.3. The van der Waals surface area contributed by atoms with Gasteiger partial charge < -0.3 is 19.5 Å². The first-order valence-electron chi connectivity index (χ1n) is 7.42. The quantitative estimate of drug-likeness (QED) is 0.865. The van der Waals surface area contributed by atoms with Gasteiger partial charge in [-0.2, -0.15) is 4.37 Å². The highest BCUT2D eigenvalue weighted by atomic mass is 32.1. The molecule has 0 aliphatic carbocycles. The standard InChI is InChI=1S/C14H25N3O3S/c1-14(2,3)5-4-11(18)10-20-13-12(15-21-16-13)17-6-8-19-9-7-17/h11,18H,4-10H2,1-3H3/t11-/m0/s1. The van der Waals surface area contributed by atoms with Crippen molar-refractivity contribution in [3.05, 3.63) is 0 Å². The second-order valence-electron chi connectivity index (χ2n) is 6.56. The summed E-state index contributed by atoms with van der Waals surface area (Å²) in [5, 5.41) is 10.0. The molecule has 120 valence electrons. The van der Waals surface area contributed by atoms with E-state index in [-0.39, 0.29) is 12.0 Å². The molecule has 6 nitrogen and oxygen atoms in total. The van der Waals surface area contributed by atoms with Crippen molar-refractivity contribution < 1.29 is 14.6 Å². The van der Waals surface area contributed by atoms with Crippen LogP contribution in [-0.2, 0) is 4.74 Å². The highest BCUT2D eigenvalue weighted by Gasteiger charge is 2.21. The molecule has 1 aromatic rings. The van der Waals surface area contributed by atoms with Crippen LogP contribution in [0.15, 0.2) is 0 Å². The Morgan fingerprint density at radius 1 is 1.33 bits per heavy atom. The lowest BCUT2D eigenvalue weighted by Gasteiger charge is -2.27. The Bertz CT molecular complexity index is 427. The smallest absolute Gasteiger partial charge is 0.270 e. The Morgan fingerprint density at radius 2 is 2.05 bits per heavy atom. The number of hydrogen-bond donors (Lipinski definition) is 1. The lowest BCUT2D eigenvalue weighted by molar-refractivity contribution is 0.0868. The van der Waals surface area contributed by atoms with Gasteiger partial charge in [0.2, 0.25) is 5.82 Å². The number of nitrogens with zero attached hydrogens (tertiary/aromatic N) is 3. The second kappa shape index (κ2) is 7.38. The molecule has 21 heavy (non-hydrogen) atoms. The lowest BCUT2D eigenvalue weighted by atomic mass is 9.89. The van der Waals surface area contributed by atoms with Crippen LogP contribution in [0.25, 0.3) is 0 Å². The van der Waals surface area contributed by atoms with E-state index >= 15 is 0 Å². The summed E-state index contributed by atoms with van der Waals surface area (Å²) in [7, 11) is 0. The first-order valence-corrected chi connectivity index (χ1v) is 8.15. The Balaban J connectivity index is 1.82. The van der Waals surface area contributed by atoms with E-state index in [1.165, 1.54) is 0 Å². The van der Waals surface area contributed by atoms with Crippen molar-refractivity contribution in [3.63, 3.8) is 0 Å². The molecule has 0 aromatic carbocycles. The lowest BCUT2D eigenvalue weighted by Crippen LogP contribution is -2.36. The molecule has 0 saturated carbocycles. The molecule has 0 unspecified atom stereocenters. The van der Waals surface area contributed by atoms with Crippen molar-refractivity contribution in [2.24, 2.45) is 5.41 Å². The summed E-state index contributed by atoms with van der Waals surface area (Å²) in [4.78, 5) is 2.11. The van der Waals surface area contributed by atoms with Crippen LogP contribution in [0, 0.1) is 5.41 Å². The molecule has 1 N–H and O–H groups in total. The molecule has 1 aliphatic heterocycles. The first kappa shape index (κ1) is 16.5. The fourth-order valence-electron chi connectivity index (χ4n) is 2.09. The van der Waals surface area contributed by atoms with E-state index in [0.29, 0.717) is 19.1 Å². The Labute approximate surface area is 130 Å². The van der Waals surface area contributed by atoms with Crippen molar-refractivity contribution in [2.75, 3.05) is 37.8 Å². The number of aromatic nitrogens is 2. The number of morpholine rings is 1. The SMILES string of the molecule is CC(C)(C)CC[C@H](O)COc1nsnc1N1CCOCC1. The highest BCUT2D eigenvalue weighted by molar-refractivity contribution is 6.99. The van der Waals surface area contributed by atoms with Gasteiger partial charge in [0.05, 0.1) is 31.0 Å². The molecular weight excluding hydrogens is 290 g/mol. The highest BCUT2D eigenvalue weighted by Crippen LogP contribution is 2.27. The number of rotatable bonds is 6. The minimum absolute atomic E-state index is 0.224. The number of anilines is 1. The summed E-state index contributed by atoms with van der Waals surface area (Å²) >= 11 is 1.14. The molecule has 2 heterocycles. The number of aliphatic hydroxyl groups excluding tert-OH is 1. The third kappa shape index (κ3) is 5.41. The molecule has 1 fully saturated rings. The first-order chi connectivity index (χ1) is 9.96. The summed E-state index contributed by atoms with van der Waals surface area (Å²) in [6.45, 7) is 9.77. The van der Waals surface area contributed by atoms with Crippen LogP contribution in [0.1, 0.15) is 33.6 Å². The van der Waals surface area contributed by atoms with Gasteiger partial charge in [-0.05, 0) is 18.3 Å². The Morgan fingerprint density at radius 3 is 2.71 bits per heavy atom. The van der Waals surface area contributed by atoms with Crippen molar-refractivity contribution in [3.8, 4) is 5.88 Å². The third-order valence-corrected chi connectivity index (χ3v) is 3.89. The molecule has 7 heteroatoms. The minimum Gasteiger partial charge on any atom is -0.472 e. The molecule has 0 amide bonds. The molecular formula is C14H25N3O3S. The summed E-state index contributed by atoms with van der Waals surface area (Å²) in [5.41, 5.74) is 0.224. The molecule has 1 aliphatic rings. The van der Waals surface area contributed by atoms with Crippen molar-refractivity contribution in [1.29, 1.82) is 0 Å². The van der Waals surface area contributed by atoms with Crippen LogP contribution < -0.4 is 9.64 Å². The van der Waals surface area contributed by atoms with Gasteiger partial charge in [-0.3, -0.25) is 0 Å². The number of hydrogen-bond acceptors (Lipinski definition) is 7. The zero-order valence-electron chi connectivity index (χ0n) is 13.0. The van der Waals surface area contributed by atoms with Crippen LogP contribution in [0.5, 0.6) is 5.88 Å². The van der Waals surface area contributed by atoms with E-state index in [9.17, 15) is 5.11 Å². The topological polar surface area (TPSA) is 67.7 Å². The van der Waals surface area contributed by atoms with Crippen LogP contribution in [0.2, 0.25) is 0 Å². The average Bonchev–Trinajstić information content (AvgIpc) is 2.91. The van der Waals surface area contributed by atoms with E-state index in [2.05, 4.69) is 34.4 Å². The van der Waals surface area contributed by atoms with Gasteiger partial charge >= 0.3 is 0 Å². The predicted octanol–water partition coefficient (Wildman–Crippen LogP) is 1.94. The van der Waals surface area contributed by atoms with E-state index in [1.807, 2.05) is 0 Å². The monoisotopic (exact) mass is 315 g/mol. The fraction of sp³-hybridized carbons (Fsp3) is 0.857. The number of aliphatic hydroxyl groups is 1. The maximum atomic E-state index is 10.0. The zero-order valence-corrected chi connectivity index (χ0v) is 13.9. The molecule has 0 radical (unpaired) electrons. The van der Waals surface area contributed by atoms with E-state index in [1.54, 1.807) is 0 Å². The Kier molecular flexibility index (Phi) is 5.78. The van der Waals surface area contributed by atoms with Gasteiger partial charge in [-0.25, -0.2) is 0 Å². The summed E-state index contributed by atoms with van der Waals surface area (Å²) < 4.78 is 19.5. The molecule has 1 atom stereocenters. The minimum atomic E-state index is -0.469. The second-order valence-corrected chi connectivity index (χ2v) is 7.09. The van der Waals surface area contributed by atoms with Crippen molar-refractivity contribution in [1.82, 2.24) is 8.75 Å². The number of ether oxygens (including phenoxy) is 2. The summed E-state index contributed by atoms with van der Waals surface area (Å²) in [6.07, 6.45) is 1.22. The molecule has 0 spiro atoms. The van der Waals surface area contributed by atoms with Gasteiger partial charge in [0, 0.05) is 13.1 Å². The molecule has 2 rings (SSSR count). The molecule has 1 saturated heterocycles. The predicted molar refractivity (Wildman–Crippen MR) is 83.1 cm³/mol. The third-order valence-electron chi connectivity index (χ3n) is 3.39. The van der Waals surface area contributed by atoms with Crippen molar-refractivity contribution in [2.45, 2.75) is 39.7 Å².